The minimum Gasteiger partial charge on any atom is -0.497 e. The zero-order chi connectivity index (χ0) is 21.7. The summed E-state index contributed by atoms with van der Waals surface area (Å²) in [6, 6.07) is 34.9. The highest BCUT2D eigenvalue weighted by Gasteiger charge is 2.37. The Labute approximate surface area is 181 Å². The summed E-state index contributed by atoms with van der Waals surface area (Å²) in [5.41, 5.74) is 2.88. The fourth-order valence-corrected chi connectivity index (χ4v) is 3.91. The first-order valence-electron chi connectivity index (χ1n) is 10.0. The number of methoxy groups -OCH3 is 1. The number of aromatic carboxylic acids is 1. The number of benzene rings is 4. The van der Waals surface area contributed by atoms with Crippen molar-refractivity contribution in [2.45, 2.75) is 5.54 Å². The van der Waals surface area contributed by atoms with Gasteiger partial charge in [0.2, 0.25) is 0 Å². The van der Waals surface area contributed by atoms with Gasteiger partial charge in [0.15, 0.2) is 0 Å². The molecule has 4 aromatic carbocycles. The molecule has 0 fully saturated rings. The van der Waals surface area contributed by atoms with Crippen molar-refractivity contribution in [2.24, 2.45) is 0 Å². The third-order valence-corrected chi connectivity index (χ3v) is 5.42. The maximum absolute atomic E-state index is 11.9. The van der Waals surface area contributed by atoms with E-state index in [-0.39, 0.29) is 5.56 Å². The lowest BCUT2D eigenvalue weighted by atomic mass is 9.76. The van der Waals surface area contributed by atoms with Crippen molar-refractivity contribution in [1.82, 2.24) is 0 Å². The van der Waals surface area contributed by atoms with E-state index in [2.05, 4.69) is 5.32 Å². The predicted octanol–water partition coefficient (Wildman–Crippen LogP) is 5.80. The molecule has 4 aromatic rings. The lowest BCUT2D eigenvalue weighted by Gasteiger charge is -2.38. The maximum atomic E-state index is 11.9. The van der Waals surface area contributed by atoms with Gasteiger partial charge in [0, 0.05) is 5.69 Å². The molecule has 0 atom stereocenters. The number of hydrogen-bond donors (Lipinski definition) is 2. The van der Waals surface area contributed by atoms with Crippen LogP contribution in [-0.4, -0.2) is 18.2 Å². The van der Waals surface area contributed by atoms with E-state index in [1.54, 1.807) is 25.3 Å². The third kappa shape index (κ3) is 3.88. The van der Waals surface area contributed by atoms with Crippen LogP contribution >= 0.6 is 0 Å². The first kappa shape index (κ1) is 20.2. The van der Waals surface area contributed by atoms with Gasteiger partial charge >= 0.3 is 5.97 Å². The van der Waals surface area contributed by atoms with E-state index in [9.17, 15) is 9.90 Å². The second-order valence-corrected chi connectivity index (χ2v) is 7.19. The van der Waals surface area contributed by atoms with Crippen LogP contribution in [0.1, 0.15) is 27.0 Å². The molecular formula is C27H23NO3. The Morgan fingerprint density at radius 1 is 0.710 bits per heavy atom. The quantitative estimate of drug-likeness (QED) is 0.379. The van der Waals surface area contributed by atoms with Gasteiger partial charge in [-0.2, -0.15) is 0 Å². The lowest BCUT2D eigenvalue weighted by molar-refractivity contribution is 0.0698. The molecule has 0 spiro atoms. The molecule has 0 aliphatic heterocycles. The van der Waals surface area contributed by atoms with Crippen LogP contribution in [0.3, 0.4) is 0 Å². The Morgan fingerprint density at radius 2 is 1.19 bits per heavy atom. The molecule has 0 aliphatic rings. The summed E-state index contributed by atoms with van der Waals surface area (Å²) in [4.78, 5) is 11.9. The summed E-state index contributed by atoms with van der Waals surface area (Å²) in [6.07, 6.45) is 0. The van der Waals surface area contributed by atoms with Gasteiger partial charge in [-0.05, 0) is 41.0 Å². The van der Waals surface area contributed by atoms with Crippen LogP contribution < -0.4 is 10.1 Å². The summed E-state index contributed by atoms with van der Waals surface area (Å²) >= 11 is 0. The highest BCUT2D eigenvalue weighted by Crippen LogP contribution is 2.41. The van der Waals surface area contributed by atoms with E-state index in [4.69, 9.17) is 4.74 Å². The van der Waals surface area contributed by atoms with Gasteiger partial charge in [0.25, 0.3) is 0 Å². The Bertz CT molecular complexity index is 1120. The fraction of sp³-hybridized carbons (Fsp3) is 0.0741. The molecule has 0 unspecified atom stereocenters. The van der Waals surface area contributed by atoms with Crippen molar-refractivity contribution in [2.75, 3.05) is 12.4 Å². The second kappa shape index (κ2) is 8.76. The van der Waals surface area contributed by atoms with Gasteiger partial charge < -0.3 is 15.2 Å². The van der Waals surface area contributed by atoms with Crippen molar-refractivity contribution in [3.8, 4) is 5.75 Å². The first-order chi connectivity index (χ1) is 15.1. The van der Waals surface area contributed by atoms with E-state index in [1.165, 1.54) is 0 Å². The number of para-hydroxylation sites is 1. The summed E-state index contributed by atoms with van der Waals surface area (Å²) in [7, 11) is 1.64. The Balaban J connectivity index is 2.02. The number of hydrogen-bond acceptors (Lipinski definition) is 3. The molecule has 4 rings (SSSR count). The van der Waals surface area contributed by atoms with Gasteiger partial charge in [-0.3, -0.25) is 0 Å². The number of anilines is 1. The van der Waals surface area contributed by atoms with Crippen molar-refractivity contribution in [3.63, 3.8) is 0 Å². The van der Waals surface area contributed by atoms with Crippen LogP contribution in [0.25, 0.3) is 0 Å². The van der Waals surface area contributed by atoms with Crippen LogP contribution in [0.2, 0.25) is 0 Å². The minimum absolute atomic E-state index is 0.215. The molecule has 154 valence electrons. The van der Waals surface area contributed by atoms with Crippen molar-refractivity contribution in [3.05, 3.63) is 131 Å². The first-order valence-corrected chi connectivity index (χ1v) is 10.0. The number of rotatable bonds is 7. The molecule has 0 saturated heterocycles. The number of ether oxygens (including phenoxy) is 1. The number of nitrogens with one attached hydrogen (secondary N) is 1. The molecule has 4 nitrogen and oxygen atoms in total. The Kier molecular flexibility index (Phi) is 5.72. The second-order valence-electron chi connectivity index (χ2n) is 7.19. The summed E-state index contributed by atoms with van der Waals surface area (Å²) in [5, 5.41) is 13.4. The van der Waals surface area contributed by atoms with Gasteiger partial charge in [0.1, 0.15) is 11.3 Å². The molecule has 0 amide bonds. The van der Waals surface area contributed by atoms with Gasteiger partial charge in [-0.15, -0.1) is 0 Å². The zero-order valence-electron chi connectivity index (χ0n) is 17.2. The molecule has 0 aromatic heterocycles. The van der Waals surface area contributed by atoms with E-state index in [0.29, 0.717) is 5.69 Å². The van der Waals surface area contributed by atoms with Gasteiger partial charge in [0.05, 0.1) is 12.7 Å². The molecule has 0 bridgehead atoms. The van der Waals surface area contributed by atoms with Crippen LogP contribution in [0.5, 0.6) is 5.75 Å². The van der Waals surface area contributed by atoms with Crippen molar-refractivity contribution >= 4 is 11.7 Å². The Hall–Kier alpha value is -4.05. The topological polar surface area (TPSA) is 58.6 Å². The highest BCUT2D eigenvalue weighted by molar-refractivity contribution is 5.94. The van der Waals surface area contributed by atoms with Crippen LogP contribution in [0.4, 0.5) is 5.69 Å². The zero-order valence-corrected chi connectivity index (χ0v) is 17.2. The number of carbonyl (C=O) groups is 1. The number of carboxylic acid groups (broad SMARTS) is 1. The molecule has 0 aliphatic carbocycles. The van der Waals surface area contributed by atoms with E-state index in [0.717, 1.165) is 22.4 Å². The highest BCUT2D eigenvalue weighted by atomic mass is 16.5. The van der Waals surface area contributed by atoms with Gasteiger partial charge in [-0.1, -0.05) is 84.9 Å². The average molecular weight is 409 g/mol. The Morgan fingerprint density at radius 3 is 1.71 bits per heavy atom. The fourth-order valence-electron chi connectivity index (χ4n) is 3.91. The summed E-state index contributed by atoms with van der Waals surface area (Å²) in [5.74, 6) is -0.224. The molecule has 2 N–H and O–H groups in total. The molecular weight excluding hydrogens is 386 g/mol. The van der Waals surface area contributed by atoms with Crippen LogP contribution in [0.15, 0.2) is 109 Å². The van der Waals surface area contributed by atoms with E-state index >= 15 is 0 Å². The molecule has 0 heterocycles. The van der Waals surface area contributed by atoms with Gasteiger partial charge in [-0.25, -0.2) is 4.79 Å². The molecule has 31 heavy (non-hydrogen) atoms. The van der Waals surface area contributed by atoms with Crippen molar-refractivity contribution in [1.29, 1.82) is 0 Å². The average Bonchev–Trinajstić information content (AvgIpc) is 2.84. The summed E-state index contributed by atoms with van der Waals surface area (Å²) in [6.45, 7) is 0. The lowest BCUT2D eigenvalue weighted by Crippen LogP contribution is -2.38. The van der Waals surface area contributed by atoms with Crippen LogP contribution in [0, 0.1) is 0 Å². The number of carboxylic acids is 1. The predicted molar refractivity (Wildman–Crippen MR) is 123 cm³/mol. The molecule has 0 radical (unpaired) electrons. The largest absolute Gasteiger partial charge is 0.497 e. The SMILES string of the molecule is COc1ccc(C(Nc2ccccc2C(=O)O)(c2ccccc2)c2ccccc2)cc1. The standard InChI is InChI=1S/C27H23NO3/c1-31-23-18-16-22(17-19-23)27(20-10-4-2-5-11-20,21-12-6-3-7-13-21)28-25-15-9-8-14-24(25)26(29)30/h2-19,28H,1H3,(H,29,30). The monoisotopic (exact) mass is 409 g/mol. The van der Waals surface area contributed by atoms with Crippen molar-refractivity contribution < 1.29 is 14.6 Å². The smallest absolute Gasteiger partial charge is 0.337 e. The maximum Gasteiger partial charge on any atom is 0.337 e. The van der Waals surface area contributed by atoms with E-state index in [1.807, 2.05) is 91.0 Å². The molecule has 4 heteroatoms. The third-order valence-electron chi connectivity index (χ3n) is 5.42. The normalized spacial score (nSPS) is 11.0. The van der Waals surface area contributed by atoms with E-state index < -0.39 is 11.5 Å². The molecule has 0 saturated carbocycles. The summed E-state index contributed by atoms with van der Waals surface area (Å²) < 4.78 is 5.36. The van der Waals surface area contributed by atoms with Crippen LogP contribution in [-0.2, 0) is 5.54 Å². The minimum atomic E-state index is -0.979.